The summed E-state index contributed by atoms with van der Waals surface area (Å²) in [5.74, 6) is 0.0728. The molecule has 0 heterocycles. The van der Waals surface area contributed by atoms with E-state index < -0.39 is 0 Å². The van der Waals surface area contributed by atoms with Crippen molar-refractivity contribution in [1.29, 1.82) is 0 Å². The highest BCUT2D eigenvalue weighted by Gasteiger charge is 2.07. The number of amides is 1. The molecular weight excluding hydrogens is 246 g/mol. The van der Waals surface area contributed by atoms with Crippen LogP contribution in [0.3, 0.4) is 0 Å². The number of hydrogen-bond donors (Lipinski definition) is 1. The SMILES string of the molecule is CCC(Cl)CCNC(=O)Cc1cc(C)ccc1C. The van der Waals surface area contributed by atoms with Gasteiger partial charge in [0, 0.05) is 11.9 Å². The van der Waals surface area contributed by atoms with Gasteiger partial charge in [0.2, 0.25) is 5.91 Å². The summed E-state index contributed by atoms with van der Waals surface area (Å²) in [5.41, 5.74) is 3.46. The van der Waals surface area contributed by atoms with E-state index in [1.165, 1.54) is 11.1 Å². The van der Waals surface area contributed by atoms with Crippen molar-refractivity contribution in [3.8, 4) is 0 Å². The number of rotatable bonds is 6. The largest absolute Gasteiger partial charge is 0.356 e. The maximum atomic E-state index is 11.8. The minimum Gasteiger partial charge on any atom is -0.356 e. The first-order valence-corrected chi connectivity index (χ1v) is 6.93. The van der Waals surface area contributed by atoms with Crippen molar-refractivity contribution in [2.24, 2.45) is 0 Å². The lowest BCUT2D eigenvalue weighted by atomic mass is 10.0. The molecule has 1 atom stereocenters. The van der Waals surface area contributed by atoms with Gasteiger partial charge in [-0.25, -0.2) is 0 Å². The first kappa shape index (κ1) is 15.0. The second-order valence-electron chi connectivity index (χ2n) is 4.75. The number of halogens is 1. The van der Waals surface area contributed by atoms with Crippen molar-refractivity contribution in [3.05, 3.63) is 34.9 Å². The summed E-state index contributed by atoms with van der Waals surface area (Å²) >= 11 is 6.00. The molecule has 0 bridgehead atoms. The van der Waals surface area contributed by atoms with E-state index in [-0.39, 0.29) is 11.3 Å². The monoisotopic (exact) mass is 267 g/mol. The van der Waals surface area contributed by atoms with Gasteiger partial charge in [-0.1, -0.05) is 30.7 Å². The predicted octanol–water partition coefficient (Wildman–Crippen LogP) is 3.37. The Hall–Kier alpha value is -1.02. The molecule has 0 aliphatic heterocycles. The molecule has 18 heavy (non-hydrogen) atoms. The highest BCUT2D eigenvalue weighted by atomic mass is 35.5. The van der Waals surface area contributed by atoms with Crippen LogP contribution in [0.5, 0.6) is 0 Å². The molecular formula is C15H22ClNO. The van der Waals surface area contributed by atoms with Gasteiger partial charge in [-0.3, -0.25) is 4.79 Å². The number of nitrogens with one attached hydrogen (secondary N) is 1. The van der Waals surface area contributed by atoms with E-state index in [0.717, 1.165) is 18.4 Å². The molecule has 0 saturated carbocycles. The Kier molecular flexibility index (Phi) is 6.20. The molecule has 0 fully saturated rings. The van der Waals surface area contributed by atoms with E-state index in [0.29, 0.717) is 13.0 Å². The smallest absolute Gasteiger partial charge is 0.224 e. The number of benzene rings is 1. The first-order valence-electron chi connectivity index (χ1n) is 6.49. The van der Waals surface area contributed by atoms with Gasteiger partial charge in [-0.2, -0.15) is 0 Å². The predicted molar refractivity (Wildman–Crippen MR) is 77.2 cm³/mol. The van der Waals surface area contributed by atoms with Crippen LogP contribution in [0.25, 0.3) is 0 Å². The Morgan fingerprint density at radius 3 is 2.78 bits per heavy atom. The van der Waals surface area contributed by atoms with Crippen LogP contribution in [0.15, 0.2) is 18.2 Å². The quantitative estimate of drug-likeness (QED) is 0.787. The van der Waals surface area contributed by atoms with Gasteiger partial charge in [-0.15, -0.1) is 11.6 Å². The number of carbonyl (C=O) groups is 1. The zero-order valence-corrected chi connectivity index (χ0v) is 12.2. The fourth-order valence-corrected chi connectivity index (χ4v) is 1.91. The van der Waals surface area contributed by atoms with Crippen molar-refractivity contribution in [2.75, 3.05) is 6.54 Å². The Bertz CT molecular complexity index is 403. The molecule has 1 aromatic rings. The number of alkyl halides is 1. The molecule has 1 rings (SSSR count). The van der Waals surface area contributed by atoms with Crippen LogP contribution in [0.4, 0.5) is 0 Å². The molecule has 0 saturated heterocycles. The summed E-state index contributed by atoms with van der Waals surface area (Å²) < 4.78 is 0. The van der Waals surface area contributed by atoms with Crippen molar-refractivity contribution in [1.82, 2.24) is 5.32 Å². The average molecular weight is 268 g/mol. The number of carbonyl (C=O) groups excluding carboxylic acids is 1. The zero-order chi connectivity index (χ0) is 13.5. The zero-order valence-electron chi connectivity index (χ0n) is 11.4. The summed E-state index contributed by atoms with van der Waals surface area (Å²) in [6.07, 6.45) is 2.22. The van der Waals surface area contributed by atoms with Crippen LogP contribution in [0.1, 0.15) is 36.5 Å². The Morgan fingerprint density at radius 1 is 1.39 bits per heavy atom. The minimum atomic E-state index is 0.0728. The molecule has 1 amide bonds. The van der Waals surface area contributed by atoms with Gasteiger partial charge in [0.05, 0.1) is 6.42 Å². The highest BCUT2D eigenvalue weighted by Crippen LogP contribution is 2.11. The number of hydrogen-bond acceptors (Lipinski definition) is 1. The van der Waals surface area contributed by atoms with Crippen LogP contribution in [-0.4, -0.2) is 17.8 Å². The van der Waals surface area contributed by atoms with Crippen molar-refractivity contribution in [3.63, 3.8) is 0 Å². The normalized spacial score (nSPS) is 12.2. The maximum absolute atomic E-state index is 11.8. The Balaban J connectivity index is 2.42. The molecule has 1 aromatic carbocycles. The lowest BCUT2D eigenvalue weighted by Crippen LogP contribution is -2.27. The molecule has 100 valence electrons. The number of aryl methyl sites for hydroxylation is 2. The first-order chi connectivity index (χ1) is 8.52. The van der Waals surface area contributed by atoms with Crippen molar-refractivity contribution < 1.29 is 4.79 Å². The molecule has 0 spiro atoms. The third kappa shape index (κ3) is 5.09. The second kappa shape index (κ2) is 7.42. The third-order valence-corrected chi connectivity index (χ3v) is 3.61. The van der Waals surface area contributed by atoms with Crippen LogP contribution in [0.2, 0.25) is 0 Å². The highest BCUT2D eigenvalue weighted by molar-refractivity contribution is 6.20. The molecule has 2 nitrogen and oxygen atoms in total. The maximum Gasteiger partial charge on any atom is 0.224 e. The average Bonchev–Trinajstić information content (AvgIpc) is 2.33. The van der Waals surface area contributed by atoms with Gasteiger partial charge in [0.25, 0.3) is 0 Å². The lowest BCUT2D eigenvalue weighted by Gasteiger charge is -2.10. The summed E-state index contributed by atoms with van der Waals surface area (Å²) in [6, 6.07) is 6.20. The molecule has 0 aliphatic carbocycles. The van der Waals surface area contributed by atoms with Crippen molar-refractivity contribution >= 4 is 17.5 Å². The van der Waals surface area contributed by atoms with E-state index in [1.807, 2.05) is 13.8 Å². The van der Waals surface area contributed by atoms with Gasteiger partial charge in [0.15, 0.2) is 0 Å². The van der Waals surface area contributed by atoms with Gasteiger partial charge in [0.1, 0.15) is 0 Å². The minimum absolute atomic E-state index is 0.0728. The van der Waals surface area contributed by atoms with Crippen molar-refractivity contribution in [2.45, 2.75) is 45.4 Å². The summed E-state index contributed by atoms with van der Waals surface area (Å²) in [4.78, 5) is 11.8. The van der Waals surface area contributed by atoms with Crippen LogP contribution in [0, 0.1) is 13.8 Å². The fraction of sp³-hybridized carbons (Fsp3) is 0.533. The van der Waals surface area contributed by atoms with Crippen LogP contribution in [-0.2, 0) is 11.2 Å². The molecule has 3 heteroatoms. The van der Waals surface area contributed by atoms with E-state index >= 15 is 0 Å². The Morgan fingerprint density at radius 2 is 2.11 bits per heavy atom. The Labute approximate surface area is 115 Å². The summed E-state index contributed by atoms with van der Waals surface area (Å²) in [7, 11) is 0. The van der Waals surface area contributed by atoms with Gasteiger partial charge >= 0.3 is 0 Å². The van der Waals surface area contributed by atoms with Gasteiger partial charge in [-0.05, 0) is 37.8 Å². The molecule has 1 unspecified atom stereocenters. The molecule has 0 aromatic heterocycles. The van der Waals surface area contributed by atoms with E-state index in [9.17, 15) is 4.79 Å². The molecule has 0 aliphatic rings. The summed E-state index contributed by atoms with van der Waals surface area (Å²) in [5, 5.41) is 3.08. The third-order valence-electron chi connectivity index (χ3n) is 3.08. The lowest BCUT2D eigenvalue weighted by molar-refractivity contribution is -0.120. The molecule has 0 radical (unpaired) electrons. The molecule has 1 N–H and O–H groups in total. The summed E-state index contributed by atoms with van der Waals surface area (Å²) in [6.45, 7) is 6.79. The standard InChI is InChI=1S/C15H22ClNO/c1-4-14(16)7-8-17-15(18)10-13-9-11(2)5-6-12(13)3/h5-6,9,14H,4,7-8,10H2,1-3H3,(H,17,18). The van der Waals surface area contributed by atoms with Crippen LogP contribution >= 0.6 is 11.6 Å². The van der Waals surface area contributed by atoms with E-state index in [4.69, 9.17) is 11.6 Å². The van der Waals surface area contributed by atoms with E-state index in [1.54, 1.807) is 0 Å². The second-order valence-corrected chi connectivity index (χ2v) is 5.37. The van der Waals surface area contributed by atoms with E-state index in [2.05, 4.69) is 30.4 Å². The van der Waals surface area contributed by atoms with Gasteiger partial charge < -0.3 is 5.32 Å². The topological polar surface area (TPSA) is 29.1 Å². The van der Waals surface area contributed by atoms with Crippen LogP contribution < -0.4 is 5.32 Å². The fourth-order valence-electron chi connectivity index (χ4n) is 1.80.